The van der Waals surface area contributed by atoms with Gasteiger partial charge in [0.15, 0.2) is 0 Å². The zero-order chi connectivity index (χ0) is 13.7. The minimum absolute atomic E-state index is 0.160. The first-order chi connectivity index (χ1) is 9.16. The Bertz CT molecular complexity index is 447. The first-order valence-electron chi connectivity index (χ1n) is 6.61. The molecule has 2 N–H and O–H groups in total. The van der Waals surface area contributed by atoms with Crippen molar-refractivity contribution in [3.63, 3.8) is 0 Å². The van der Waals surface area contributed by atoms with Gasteiger partial charge in [-0.25, -0.2) is 4.39 Å². The number of hydrogen-bond acceptors (Lipinski definition) is 3. The minimum atomic E-state index is -0.355. The summed E-state index contributed by atoms with van der Waals surface area (Å²) in [4.78, 5) is 2.54. The van der Waals surface area contributed by atoms with Gasteiger partial charge in [0.05, 0.1) is 5.56 Å². The van der Waals surface area contributed by atoms with Crippen LogP contribution in [0.1, 0.15) is 24.8 Å². The van der Waals surface area contributed by atoms with Gasteiger partial charge in [0, 0.05) is 6.54 Å². The maximum absolute atomic E-state index is 13.1. The molecule has 0 bridgehead atoms. The normalized spacial score (nSPS) is 16.3. The Morgan fingerprint density at radius 1 is 1.32 bits per heavy atom. The topological polar surface area (TPSA) is 38.5 Å². The zero-order valence-corrected chi connectivity index (χ0v) is 11.7. The maximum Gasteiger partial charge on any atom is 0.129 e. The monoisotopic (exact) mass is 282 g/mol. The zero-order valence-electron chi connectivity index (χ0n) is 10.9. The van der Waals surface area contributed by atoms with E-state index >= 15 is 0 Å². The van der Waals surface area contributed by atoms with Crippen LogP contribution in [0.25, 0.3) is 0 Å². The number of nitrogens with two attached hydrogens (primary N) is 1. The highest BCUT2D eigenvalue weighted by Gasteiger charge is 2.11. The third-order valence-corrected chi connectivity index (χ3v) is 3.54. The van der Waals surface area contributed by atoms with Crippen LogP contribution in [0.2, 0.25) is 0 Å². The van der Waals surface area contributed by atoms with Crippen LogP contribution in [-0.4, -0.2) is 36.1 Å². The smallest absolute Gasteiger partial charge is 0.129 e. The molecule has 0 aliphatic carbocycles. The summed E-state index contributed by atoms with van der Waals surface area (Å²) in [6.45, 7) is 3.72. The molecule has 104 valence electrons. The van der Waals surface area contributed by atoms with Gasteiger partial charge >= 0.3 is 0 Å². The van der Waals surface area contributed by atoms with E-state index in [1.807, 2.05) is 0 Å². The summed E-state index contributed by atoms with van der Waals surface area (Å²) in [5.74, 6) is 0.206. The van der Waals surface area contributed by atoms with Gasteiger partial charge in [-0.05, 0) is 44.1 Å². The van der Waals surface area contributed by atoms with Crippen molar-refractivity contribution < 1.29 is 9.13 Å². The molecule has 1 aliphatic heterocycles. The molecular formula is C14H19FN2OS. The molecule has 1 heterocycles. The Morgan fingerprint density at radius 3 is 2.74 bits per heavy atom. The summed E-state index contributed by atoms with van der Waals surface area (Å²) >= 11 is 4.91. The first kappa shape index (κ1) is 14.2. The fourth-order valence-corrected chi connectivity index (χ4v) is 2.45. The van der Waals surface area contributed by atoms with Crippen LogP contribution in [0.15, 0.2) is 18.2 Å². The lowest BCUT2D eigenvalue weighted by Gasteiger charge is -2.26. The number of rotatable bonds is 5. The fraction of sp³-hybridized carbons (Fsp3) is 0.500. The quantitative estimate of drug-likeness (QED) is 0.841. The number of likely N-dealkylation sites (tertiary alicyclic amines) is 1. The van der Waals surface area contributed by atoms with Gasteiger partial charge < -0.3 is 10.5 Å². The van der Waals surface area contributed by atoms with Crippen molar-refractivity contribution in [1.82, 2.24) is 4.90 Å². The predicted molar refractivity (Wildman–Crippen MR) is 78.1 cm³/mol. The van der Waals surface area contributed by atoms with E-state index in [0.717, 1.165) is 19.6 Å². The molecule has 5 heteroatoms. The van der Waals surface area contributed by atoms with Crippen LogP contribution in [0.5, 0.6) is 5.75 Å². The lowest BCUT2D eigenvalue weighted by atomic mass is 10.1. The van der Waals surface area contributed by atoms with Gasteiger partial charge in [0.1, 0.15) is 23.2 Å². The average molecular weight is 282 g/mol. The molecule has 2 rings (SSSR count). The molecule has 1 aliphatic rings. The van der Waals surface area contributed by atoms with E-state index in [1.54, 1.807) is 6.07 Å². The van der Waals surface area contributed by atoms with Gasteiger partial charge in [0.25, 0.3) is 0 Å². The maximum atomic E-state index is 13.1. The predicted octanol–water partition coefficient (Wildman–Crippen LogP) is 2.32. The van der Waals surface area contributed by atoms with Gasteiger partial charge in [-0.2, -0.15) is 0 Å². The average Bonchev–Trinajstić information content (AvgIpc) is 2.41. The number of ether oxygens (including phenoxy) is 1. The Morgan fingerprint density at radius 2 is 2.05 bits per heavy atom. The number of hydrogen-bond donors (Lipinski definition) is 1. The number of benzene rings is 1. The number of thiocarbonyl (C=S) groups is 1. The first-order valence-corrected chi connectivity index (χ1v) is 7.02. The lowest BCUT2D eigenvalue weighted by molar-refractivity contribution is 0.183. The second-order valence-corrected chi connectivity index (χ2v) is 5.20. The Labute approximate surface area is 118 Å². The molecule has 0 amide bonds. The number of piperidine rings is 1. The third-order valence-electron chi connectivity index (χ3n) is 3.32. The van der Waals surface area contributed by atoms with E-state index in [-0.39, 0.29) is 10.8 Å². The summed E-state index contributed by atoms with van der Waals surface area (Å²) < 4.78 is 18.8. The van der Waals surface area contributed by atoms with Crippen molar-refractivity contribution in [1.29, 1.82) is 0 Å². The molecule has 1 aromatic rings. The van der Waals surface area contributed by atoms with E-state index in [9.17, 15) is 4.39 Å². The molecule has 19 heavy (non-hydrogen) atoms. The van der Waals surface area contributed by atoms with Gasteiger partial charge in [-0.15, -0.1) is 0 Å². The van der Waals surface area contributed by atoms with E-state index in [0.29, 0.717) is 17.9 Å². The summed E-state index contributed by atoms with van der Waals surface area (Å²) in [6, 6.07) is 4.26. The molecule has 3 nitrogen and oxygen atoms in total. The van der Waals surface area contributed by atoms with Crippen molar-refractivity contribution >= 4 is 17.2 Å². The Hall–Kier alpha value is -1.20. The molecule has 0 unspecified atom stereocenters. The van der Waals surface area contributed by atoms with Gasteiger partial charge in [-0.3, -0.25) is 4.90 Å². The van der Waals surface area contributed by atoms with Crippen LogP contribution in [-0.2, 0) is 0 Å². The van der Waals surface area contributed by atoms with Crippen LogP contribution in [0.4, 0.5) is 4.39 Å². The van der Waals surface area contributed by atoms with Crippen LogP contribution < -0.4 is 10.5 Å². The molecule has 0 aromatic heterocycles. The summed E-state index contributed by atoms with van der Waals surface area (Å²) in [6.07, 6.45) is 3.84. The molecular weight excluding hydrogens is 263 g/mol. The third kappa shape index (κ3) is 4.14. The Balaban J connectivity index is 1.89. The van der Waals surface area contributed by atoms with Crippen molar-refractivity contribution in [2.24, 2.45) is 5.73 Å². The largest absolute Gasteiger partial charge is 0.492 e. The van der Waals surface area contributed by atoms with E-state index in [1.165, 1.54) is 31.4 Å². The van der Waals surface area contributed by atoms with Gasteiger partial charge in [0.2, 0.25) is 0 Å². The van der Waals surface area contributed by atoms with Crippen LogP contribution >= 0.6 is 12.2 Å². The standard InChI is InChI=1S/C14H19FN2OS/c15-11-4-5-13(12(10-11)14(16)19)18-9-8-17-6-2-1-3-7-17/h4-5,10H,1-3,6-9H2,(H2,16,19). The number of halogens is 1. The number of nitrogens with zero attached hydrogens (tertiary/aromatic N) is 1. The molecule has 0 spiro atoms. The molecule has 1 aromatic carbocycles. The minimum Gasteiger partial charge on any atom is -0.492 e. The van der Waals surface area contributed by atoms with Gasteiger partial charge in [-0.1, -0.05) is 18.6 Å². The Kier molecular flexibility index (Phi) is 5.10. The van der Waals surface area contributed by atoms with Crippen molar-refractivity contribution in [3.05, 3.63) is 29.6 Å². The summed E-state index contributed by atoms with van der Waals surface area (Å²) in [5.41, 5.74) is 6.04. The van der Waals surface area contributed by atoms with Crippen molar-refractivity contribution in [2.45, 2.75) is 19.3 Å². The highest BCUT2D eigenvalue weighted by molar-refractivity contribution is 7.80. The molecule has 1 fully saturated rings. The van der Waals surface area contributed by atoms with Crippen LogP contribution in [0, 0.1) is 5.82 Å². The molecule has 1 saturated heterocycles. The van der Waals surface area contributed by atoms with E-state index in [4.69, 9.17) is 22.7 Å². The highest BCUT2D eigenvalue weighted by atomic mass is 32.1. The van der Waals surface area contributed by atoms with Crippen molar-refractivity contribution in [2.75, 3.05) is 26.2 Å². The SMILES string of the molecule is NC(=S)c1cc(F)ccc1OCCN1CCCCC1. The molecule has 0 radical (unpaired) electrons. The van der Waals surface area contributed by atoms with E-state index in [2.05, 4.69) is 4.90 Å². The molecule has 0 saturated carbocycles. The lowest BCUT2D eigenvalue weighted by Crippen LogP contribution is -2.33. The van der Waals surface area contributed by atoms with Crippen molar-refractivity contribution in [3.8, 4) is 5.75 Å². The summed E-state index contributed by atoms with van der Waals surface area (Å²) in [7, 11) is 0. The second kappa shape index (κ2) is 6.82. The van der Waals surface area contributed by atoms with E-state index < -0.39 is 0 Å². The fourth-order valence-electron chi connectivity index (χ4n) is 2.29. The van der Waals surface area contributed by atoms with Crippen LogP contribution in [0.3, 0.4) is 0 Å². The highest BCUT2D eigenvalue weighted by Crippen LogP contribution is 2.19. The summed E-state index contributed by atoms with van der Waals surface area (Å²) in [5, 5.41) is 0. The second-order valence-electron chi connectivity index (χ2n) is 4.76. The molecule has 0 atom stereocenters.